The van der Waals surface area contributed by atoms with Crippen LogP contribution in [0, 0.1) is 0 Å². The van der Waals surface area contributed by atoms with Crippen LogP contribution in [0.15, 0.2) is 76.6 Å². The van der Waals surface area contributed by atoms with Gasteiger partial charge in [0.25, 0.3) is 5.56 Å². The van der Waals surface area contributed by atoms with Crippen molar-refractivity contribution in [2.24, 2.45) is 5.10 Å². The number of aliphatic hydroxyl groups is 1. The van der Waals surface area contributed by atoms with Gasteiger partial charge in [0.2, 0.25) is 0 Å². The van der Waals surface area contributed by atoms with E-state index in [1.165, 1.54) is 6.07 Å². The van der Waals surface area contributed by atoms with Crippen molar-refractivity contribution in [3.63, 3.8) is 0 Å². The molecule has 156 valence electrons. The van der Waals surface area contributed by atoms with E-state index in [4.69, 9.17) is 34.8 Å². The van der Waals surface area contributed by atoms with E-state index in [1.54, 1.807) is 42.5 Å². The van der Waals surface area contributed by atoms with Crippen LogP contribution in [0.25, 0.3) is 11.0 Å². The molecule has 0 saturated carbocycles. The molecule has 31 heavy (non-hydrogen) atoms. The molecule has 0 spiro atoms. The SMILES string of the molecule is O=c1[nH]c2cc(Cl)ccc2nc1/C(=N\Nc1ccccc1)[C@H](O)c1ccc(Cl)c(Cl)c1. The van der Waals surface area contributed by atoms with Gasteiger partial charge >= 0.3 is 0 Å². The predicted molar refractivity (Wildman–Crippen MR) is 125 cm³/mol. The predicted octanol–water partition coefficient (Wildman–Crippen LogP) is 5.43. The van der Waals surface area contributed by atoms with Crippen LogP contribution in [0.4, 0.5) is 5.69 Å². The zero-order chi connectivity index (χ0) is 22.0. The molecule has 4 rings (SSSR count). The second kappa shape index (κ2) is 9.08. The molecular weight excluding hydrogens is 459 g/mol. The molecule has 0 amide bonds. The molecule has 0 bridgehead atoms. The summed E-state index contributed by atoms with van der Waals surface area (Å²) < 4.78 is 0. The number of rotatable bonds is 5. The molecule has 6 nitrogen and oxygen atoms in total. The molecule has 0 aliphatic heterocycles. The molecule has 3 aromatic carbocycles. The standard InChI is InChI=1S/C22H15Cl3N4O2/c23-13-7-9-17-18(11-13)27-22(31)20(26-17)19(29-28-14-4-2-1-3-5-14)21(30)12-6-8-15(24)16(25)10-12/h1-11,21,28,30H,(H,27,31)/b29-19+/t21-/m1/s1. The summed E-state index contributed by atoms with van der Waals surface area (Å²) in [6.45, 7) is 0. The number of nitrogens with one attached hydrogen (secondary N) is 2. The molecule has 9 heteroatoms. The number of benzene rings is 3. The molecule has 0 aliphatic rings. The van der Waals surface area contributed by atoms with Crippen molar-refractivity contribution in [1.82, 2.24) is 9.97 Å². The maximum Gasteiger partial charge on any atom is 0.276 e. The van der Waals surface area contributed by atoms with Gasteiger partial charge in [-0.2, -0.15) is 5.10 Å². The number of aromatic nitrogens is 2. The maximum absolute atomic E-state index is 12.8. The van der Waals surface area contributed by atoms with Gasteiger partial charge in [-0.05, 0) is 48.0 Å². The van der Waals surface area contributed by atoms with Crippen molar-refractivity contribution in [2.45, 2.75) is 6.10 Å². The quantitative estimate of drug-likeness (QED) is 0.266. The zero-order valence-corrected chi connectivity index (χ0v) is 18.1. The summed E-state index contributed by atoms with van der Waals surface area (Å²) in [5.74, 6) is 0. The number of hydrogen-bond acceptors (Lipinski definition) is 5. The van der Waals surface area contributed by atoms with Crippen LogP contribution in [0.5, 0.6) is 0 Å². The molecule has 0 fully saturated rings. The summed E-state index contributed by atoms with van der Waals surface area (Å²) in [5, 5.41) is 16.5. The average molecular weight is 474 g/mol. The van der Waals surface area contributed by atoms with Crippen LogP contribution in [-0.4, -0.2) is 20.8 Å². The number of hydrogen-bond donors (Lipinski definition) is 3. The number of fused-ring (bicyclic) bond motifs is 1. The lowest BCUT2D eigenvalue weighted by Gasteiger charge is -2.15. The Morgan fingerprint density at radius 3 is 2.52 bits per heavy atom. The topological polar surface area (TPSA) is 90.4 Å². The Kier molecular flexibility index (Phi) is 6.25. The molecule has 4 aromatic rings. The highest BCUT2D eigenvalue weighted by Gasteiger charge is 2.23. The second-order valence-electron chi connectivity index (χ2n) is 6.63. The number of para-hydroxylation sites is 1. The molecule has 1 heterocycles. The van der Waals surface area contributed by atoms with E-state index >= 15 is 0 Å². The van der Waals surface area contributed by atoms with E-state index < -0.39 is 11.7 Å². The first kappa shape index (κ1) is 21.3. The van der Waals surface area contributed by atoms with Crippen molar-refractivity contribution < 1.29 is 5.11 Å². The van der Waals surface area contributed by atoms with Crippen molar-refractivity contribution in [3.05, 3.63) is 103 Å². The Morgan fingerprint density at radius 1 is 1.00 bits per heavy atom. The highest BCUT2D eigenvalue weighted by molar-refractivity contribution is 6.42. The van der Waals surface area contributed by atoms with Gasteiger partial charge in [-0.3, -0.25) is 10.2 Å². The van der Waals surface area contributed by atoms with Crippen LogP contribution >= 0.6 is 34.8 Å². The van der Waals surface area contributed by atoms with Crippen molar-refractivity contribution >= 4 is 57.2 Å². The smallest absolute Gasteiger partial charge is 0.276 e. The van der Waals surface area contributed by atoms with E-state index in [9.17, 15) is 9.90 Å². The highest BCUT2D eigenvalue weighted by atomic mass is 35.5. The van der Waals surface area contributed by atoms with E-state index in [0.717, 1.165) is 0 Å². The fourth-order valence-corrected chi connectivity index (χ4v) is 3.43. The number of anilines is 1. The van der Waals surface area contributed by atoms with Crippen LogP contribution < -0.4 is 11.0 Å². The summed E-state index contributed by atoms with van der Waals surface area (Å²) in [4.78, 5) is 20.0. The van der Waals surface area contributed by atoms with Gasteiger partial charge in [0.15, 0.2) is 5.69 Å². The molecule has 0 radical (unpaired) electrons. The van der Waals surface area contributed by atoms with Crippen molar-refractivity contribution in [3.8, 4) is 0 Å². The van der Waals surface area contributed by atoms with E-state index in [2.05, 4.69) is 20.5 Å². The molecular formula is C22H15Cl3N4O2. The normalized spacial score (nSPS) is 12.7. The van der Waals surface area contributed by atoms with Crippen LogP contribution in [0.3, 0.4) is 0 Å². The van der Waals surface area contributed by atoms with Crippen molar-refractivity contribution in [1.29, 1.82) is 0 Å². The highest BCUT2D eigenvalue weighted by Crippen LogP contribution is 2.27. The Hall–Kier alpha value is -2.90. The number of aliphatic hydroxyl groups excluding tert-OH is 1. The van der Waals surface area contributed by atoms with Crippen molar-refractivity contribution in [2.75, 3.05) is 5.43 Å². The third kappa shape index (κ3) is 4.73. The van der Waals surface area contributed by atoms with Gasteiger partial charge in [-0.15, -0.1) is 0 Å². The van der Waals surface area contributed by atoms with Gasteiger partial charge in [0.05, 0.1) is 26.8 Å². The number of aromatic amines is 1. The zero-order valence-electron chi connectivity index (χ0n) is 15.8. The minimum Gasteiger partial charge on any atom is -0.382 e. The minimum atomic E-state index is -1.30. The summed E-state index contributed by atoms with van der Waals surface area (Å²) in [6, 6.07) is 18.7. The van der Waals surface area contributed by atoms with Gasteiger partial charge < -0.3 is 10.1 Å². The third-order valence-electron chi connectivity index (χ3n) is 4.49. The van der Waals surface area contributed by atoms with Gasteiger partial charge in [-0.25, -0.2) is 4.98 Å². The first-order valence-electron chi connectivity index (χ1n) is 9.14. The lowest BCUT2D eigenvalue weighted by atomic mass is 10.0. The third-order valence-corrected chi connectivity index (χ3v) is 5.47. The summed E-state index contributed by atoms with van der Waals surface area (Å²) in [5.41, 5.74) is 4.34. The summed E-state index contributed by atoms with van der Waals surface area (Å²) >= 11 is 18.1. The van der Waals surface area contributed by atoms with Crippen LogP contribution in [0.1, 0.15) is 17.4 Å². The molecule has 1 aromatic heterocycles. The van der Waals surface area contributed by atoms with Crippen LogP contribution in [-0.2, 0) is 0 Å². The lowest BCUT2D eigenvalue weighted by molar-refractivity contribution is 0.247. The minimum absolute atomic E-state index is 0.0142. The molecule has 0 saturated heterocycles. The van der Waals surface area contributed by atoms with Gasteiger partial charge in [-0.1, -0.05) is 59.1 Å². The molecule has 0 aliphatic carbocycles. The number of halogens is 3. The largest absolute Gasteiger partial charge is 0.382 e. The number of H-pyrrole nitrogens is 1. The molecule has 1 atom stereocenters. The number of nitrogens with zero attached hydrogens (tertiary/aromatic N) is 2. The Bertz CT molecular complexity index is 1340. The van der Waals surface area contributed by atoms with E-state index in [1.807, 2.05) is 18.2 Å². The fourth-order valence-electron chi connectivity index (χ4n) is 2.95. The first-order valence-corrected chi connectivity index (χ1v) is 10.3. The first-order chi connectivity index (χ1) is 14.9. The van der Waals surface area contributed by atoms with Gasteiger partial charge in [0, 0.05) is 5.02 Å². The average Bonchev–Trinajstić information content (AvgIpc) is 2.76. The second-order valence-corrected chi connectivity index (χ2v) is 7.88. The Balaban J connectivity index is 1.84. The lowest BCUT2D eigenvalue weighted by Crippen LogP contribution is -2.26. The van der Waals surface area contributed by atoms with Crippen LogP contribution in [0.2, 0.25) is 15.1 Å². The monoisotopic (exact) mass is 472 g/mol. The number of hydrazone groups is 1. The van der Waals surface area contributed by atoms with E-state index in [0.29, 0.717) is 32.3 Å². The van der Waals surface area contributed by atoms with E-state index in [-0.39, 0.29) is 16.4 Å². The fraction of sp³-hybridized carbons (Fsp3) is 0.0455. The Labute approximate surface area is 192 Å². The summed E-state index contributed by atoms with van der Waals surface area (Å²) in [6.07, 6.45) is -1.30. The molecule has 3 N–H and O–H groups in total. The maximum atomic E-state index is 12.8. The summed E-state index contributed by atoms with van der Waals surface area (Å²) in [7, 11) is 0. The van der Waals surface area contributed by atoms with Gasteiger partial charge in [0.1, 0.15) is 11.8 Å². The Morgan fingerprint density at radius 2 is 1.77 bits per heavy atom. The molecule has 0 unspecified atom stereocenters.